The molecule has 0 amide bonds. The van der Waals surface area contributed by atoms with E-state index in [1.807, 2.05) is 18.3 Å². The third-order valence-electron chi connectivity index (χ3n) is 4.23. The summed E-state index contributed by atoms with van der Waals surface area (Å²) in [6.45, 7) is 2.39. The maximum atomic E-state index is 9.78. The van der Waals surface area contributed by atoms with Crippen LogP contribution >= 0.6 is 15.9 Å². The maximum absolute atomic E-state index is 9.78. The number of aliphatic hydroxyl groups excluding tert-OH is 1. The molecule has 1 fully saturated rings. The van der Waals surface area contributed by atoms with E-state index in [9.17, 15) is 5.11 Å². The second-order valence-corrected chi connectivity index (χ2v) is 6.66. The molecule has 0 unspecified atom stereocenters. The molecule has 6 heteroatoms. The number of aromatic nitrogens is 3. The minimum absolute atomic E-state index is 0.121. The molecule has 0 spiro atoms. The van der Waals surface area contributed by atoms with Crippen molar-refractivity contribution >= 4 is 27.5 Å². The van der Waals surface area contributed by atoms with Gasteiger partial charge in [0.05, 0.1) is 16.6 Å². The molecule has 2 heterocycles. The van der Waals surface area contributed by atoms with Crippen molar-refractivity contribution in [1.82, 2.24) is 14.6 Å². The molecular formula is C14H19BrN4O. The Kier molecular flexibility index (Phi) is 3.69. The van der Waals surface area contributed by atoms with Crippen LogP contribution in [0.2, 0.25) is 0 Å². The SMILES string of the molecule is CC1CCC(CO)(Nc2nc3c(Br)cccn3n2)CC1. The molecule has 0 aromatic carbocycles. The van der Waals surface area contributed by atoms with E-state index in [1.54, 1.807) is 4.52 Å². The predicted octanol–water partition coefficient (Wildman–Crippen LogP) is 2.84. The Hall–Kier alpha value is -1.14. The van der Waals surface area contributed by atoms with Crippen molar-refractivity contribution in [3.8, 4) is 0 Å². The summed E-state index contributed by atoms with van der Waals surface area (Å²) in [7, 11) is 0. The number of fused-ring (bicyclic) bond motifs is 1. The molecule has 0 atom stereocenters. The van der Waals surface area contributed by atoms with Gasteiger partial charge >= 0.3 is 0 Å². The molecule has 3 rings (SSSR count). The van der Waals surface area contributed by atoms with Gasteiger partial charge in [-0.05, 0) is 59.7 Å². The van der Waals surface area contributed by atoms with E-state index in [0.717, 1.165) is 41.7 Å². The second-order valence-electron chi connectivity index (χ2n) is 5.81. The third-order valence-corrected chi connectivity index (χ3v) is 4.84. The highest BCUT2D eigenvalue weighted by atomic mass is 79.9. The van der Waals surface area contributed by atoms with Crippen molar-refractivity contribution in [2.45, 2.75) is 38.1 Å². The highest BCUT2D eigenvalue weighted by Crippen LogP contribution is 2.34. The van der Waals surface area contributed by atoms with E-state index < -0.39 is 0 Å². The number of aliphatic hydroxyl groups is 1. The summed E-state index contributed by atoms with van der Waals surface area (Å²) in [6.07, 6.45) is 6.05. The average molecular weight is 339 g/mol. The smallest absolute Gasteiger partial charge is 0.243 e. The molecule has 2 aromatic heterocycles. The molecule has 0 radical (unpaired) electrons. The molecule has 2 aromatic rings. The molecule has 0 bridgehead atoms. The first-order valence-electron chi connectivity index (χ1n) is 7.02. The van der Waals surface area contributed by atoms with Crippen LogP contribution in [0.25, 0.3) is 5.65 Å². The Morgan fingerprint density at radius 2 is 2.25 bits per heavy atom. The lowest BCUT2D eigenvalue weighted by Gasteiger charge is -2.38. The monoisotopic (exact) mass is 338 g/mol. The van der Waals surface area contributed by atoms with Gasteiger partial charge in [0.15, 0.2) is 5.65 Å². The van der Waals surface area contributed by atoms with E-state index in [2.05, 4.69) is 38.3 Å². The Morgan fingerprint density at radius 1 is 1.50 bits per heavy atom. The van der Waals surface area contributed by atoms with Gasteiger partial charge in [-0.15, -0.1) is 5.10 Å². The fourth-order valence-corrected chi connectivity index (χ4v) is 3.22. The average Bonchev–Trinajstić information content (AvgIpc) is 2.86. The molecule has 20 heavy (non-hydrogen) atoms. The van der Waals surface area contributed by atoms with Crippen molar-refractivity contribution in [3.05, 3.63) is 22.8 Å². The van der Waals surface area contributed by atoms with E-state index >= 15 is 0 Å². The minimum atomic E-state index is -0.274. The van der Waals surface area contributed by atoms with Crippen molar-refractivity contribution in [3.63, 3.8) is 0 Å². The fourth-order valence-electron chi connectivity index (χ4n) is 2.80. The summed E-state index contributed by atoms with van der Waals surface area (Å²) in [5, 5.41) is 17.6. The van der Waals surface area contributed by atoms with Gasteiger partial charge in [-0.2, -0.15) is 4.98 Å². The number of nitrogens with one attached hydrogen (secondary N) is 1. The number of hydrogen-bond acceptors (Lipinski definition) is 4. The topological polar surface area (TPSA) is 62.5 Å². The zero-order chi connectivity index (χ0) is 14.2. The van der Waals surface area contributed by atoms with Crippen LogP contribution in [0.4, 0.5) is 5.95 Å². The fraction of sp³-hybridized carbons (Fsp3) is 0.571. The molecule has 2 N–H and O–H groups in total. The number of pyridine rings is 1. The quantitative estimate of drug-likeness (QED) is 0.903. The summed E-state index contributed by atoms with van der Waals surface area (Å²) < 4.78 is 2.65. The van der Waals surface area contributed by atoms with E-state index in [0.29, 0.717) is 5.95 Å². The summed E-state index contributed by atoms with van der Waals surface area (Å²) in [6, 6.07) is 3.86. The second kappa shape index (κ2) is 5.33. The Labute approximate surface area is 126 Å². The lowest BCUT2D eigenvalue weighted by molar-refractivity contribution is 0.154. The lowest BCUT2D eigenvalue weighted by Crippen LogP contribution is -2.45. The van der Waals surface area contributed by atoms with Crippen molar-refractivity contribution in [2.75, 3.05) is 11.9 Å². The van der Waals surface area contributed by atoms with Gasteiger partial charge < -0.3 is 10.4 Å². The van der Waals surface area contributed by atoms with E-state index in [4.69, 9.17) is 0 Å². The van der Waals surface area contributed by atoms with Gasteiger partial charge in [0.25, 0.3) is 0 Å². The van der Waals surface area contributed by atoms with Gasteiger partial charge in [-0.1, -0.05) is 6.92 Å². The van der Waals surface area contributed by atoms with Gasteiger partial charge in [0.2, 0.25) is 5.95 Å². The van der Waals surface area contributed by atoms with Gasteiger partial charge in [-0.3, -0.25) is 0 Å². The predicted molar refractivity (Wildman–Crippen MR) is 81.8 cm³/mol. The van der Waals surface area contributed by atoms with Crippen LogP contribution in [0.1, 0.15) is 32.6 Å². The van der Waals surface area contributed by atoms with Crippen LogP contribution in [0.5, 0.6) is 0 Å². The molecule has 1 aliphatic carbocycles. The highest BCUT2D eigenvalue weighted by Gasteiger charge is 2.34. The summed E-state index contributed by atoms with van der Waals surface area (Å²) >= 11 is 3.47. The number of rotatable bonds is 3. The Balaban J connectivity index is 1.86. The molecule has 5 nitrogen and oxygen atoms in total. The molecule has 1 saturated carbocycles. The van der Waals surface area contributed by atoms with Crippen LogP contribution in [0.3, 0.4) is 0 Å². The van der Waals surface area contributed by atoms with Crippen LogP contribution < -0.4 is 5.32 Å². The summed E-state index contributed by atoms with van der Waals surface area (Å²) in [5.41, 5.74) is 0.511. The van der Waals surface area contributed by atoms with Gasteiger partial charge in [0.1, 0.15) is 0 Å². The molecular weight excluding hydrogens is 320 g/mol. The van der Waals surface area contributed by atoms with Gasteiger partial charge in [0, 0.05) is 6.20 Å². The molecule has 108 valence electrons. The number of halogens is 1. The molecule has 0 aliphatic heterocycles. The van der Waals surface area contributed by atoms with Gasteiger partial charge in [-0.25, -0.2) is 4.52 Å². The zero-order valence-electron chi connectivity index (χ0n) is 11.5. The first kappa shape index (κ1) is 13.8. The number of anilines is 1. The summed E-state index contributed by atoms with van der Waals surface area (Å²) in [5.74, 6) is 1.32. The zero-order valence-corrected chi connectivity index (χ0v) is 13.1. The van der Waals surface area contributed by atoms with Crippen LogP contribution in [-0.2, 0) is 0 Å². The highest BCUT2D eigenvalue weighted by molar-refractivity contribution is 9.10. The van der Waals surface area contributed by atoms with Crippen LogP contribution in [0, 0.1) is 5.92 Å². The Morgan fingerprint density at radius 3 is 2.90 bits per heavy atom. The van der Waals surface area contributed by atoms with Crippen molar-refractivity contribution in [2.24, 2.45) is 5.92 Å². The largest absolute Gasteiger partial charge is 0.394 e. The van der Waals surface area contributed by atoms with E-state index in [1.165, 1.54) is 0 Å². The first-order chi connectivity index (χ1) is 9.62. The maximum Gasteiger partial charge on any atom is 0.243 e. The Bertz CT molecular complexity index is 604. The molecule has 0 saturated heterocycles. The standard InChI is InChI=1S/C14H19BrN4O/c1-10-4-6-14(9-20,7-5-10)17-13-16-12-11(15)3-2-8-19(12)18-13/h2-3,8,10,20H,4-7,9H2,1H3,(H,17,18). The first-order valence-corrected chi connectivity index (χ1v) is 7.81. The van der Waals surface area contributed by atoms with Crippen LogP contribution in [0.15, 0.2) is 22.8 Å². The molecule has 1 aliphatic rings. The third kappa shape index (κ3) is 2.54. The van der Waals surface area contributed by atoms with E-state index in [-0.39, 0.29) is 12.1 Å². The number of hydrogen-bond donors (Lipinski definition) is 2. The lowest BCUT2D eigenvalue weighted by atomic mass is 9.77. The van der Waals surface area contributed by atoms with Crippen LogP contribution in [-0.4, -0.2) is 31.9 Å². The van der Waals surface area contributed by atoms with Crippen molar-refractivity contribution in [1.29, 1.82) is 0 Å². The summed E-state index contributed by atoms with van der Waals surface area (Å²) in [4.78, 5) is 4.50. The number of nitrogens with zero attached hydrogens (tertiary/aromatic N) is 3. The minimum Gasteiger partial charge on any atom is -0.394 e. The normalized spacial score (nSPS) is 26.9. The van der Waals surface area contributed by atoms with Crippen molar-refractivity contribution < 1.29 is 5.11 Å².